The largest absolute Gasteiger partial charge is 0.370 e. The number of hydrogen-bond acceptors (Lipinski definition) is 4. The van der Waals surface area contributed by atoms with E-state index in [0.717, 1.165) is 0 Å². The summed E-state index contributed by atoms with van der Waals surface area (Å²) >= 11 is 0. The van der Waals surface area contributed by atoms with E-state index in [1.807, 2.05) is 6.92 Å². The summed E-state index contributed by atoms with van der Waals surface area (Å²) in [4.78, 5) is 25.5. The summed E-state index contributed by atoms with van der Waals surface area (Å²) in [5.74, 6) is -5.36. The van der Waals surface area contributed by atoms with Crippen molar-refractivity contribution in [2.45, 2.75) is 32.4 Å². The Kier molecular flexibility index (Phi) is 8.00. The summed E-state index contributed by atoms with van der Waals surface area (Å²) < 4.78 is 56.6. The highest BCUT2D eigenvalue weighted by Gasteiger charge is 2.40. The third-order valence-corrected chi connectivity index (χ3v) is 4.65. The van der Waals surface area contributed by atoms with Crippen molar-refractivity contribution in [3.05, 3.63) is 77.6 Å². The van der Waals surface area contributed by atoms with Gasteiger partial charge in [-0.05, 0) is 36.8 Å². The number of aromatic nitrogens is 2. The number of nitrogens with one attached hydrogen (secondary N) is 2. The van der Waals surface area contributed by atoms with E-state index in [1.54, 1.807) is 30.3 Å². The van der Waals surface area contributed by atoms with E-state index in [9.17, 15) is 27.2 Å². The fourth-order valence-electron chi connectivity index (χ4n) is 2.92. The molecule has 1 heterocycles. The second-order valence-corrected chi connectivity index (χ2v) is 7.28. The molecule has 34 heavy (non-hydrogen) atoms. The van der Waals surface area contributed by atoms with Crippen molar-refractivity contribution in [2.75, 3.05) is 17.2 Å². The molecule has 0 fully saturated rings. The zero-order valence-corrected chi connectivity index (χ0v) is 18.1. The smallest absolute Gasteiger partial charge is 0.330 e. The minimum atomic E-state index is -4.26. The number of ether oxygens (including phenoxy) is 1. The summed E-state index contributed by atoms with van der Waals surface area (Å²) in [5.41, 5.74) is 1.23. The van der Waals surface area contributed by atoms with Crippen LogP contribution in [0.4, 0.5) is 28.9 Å². The maximum absolute atomic E-state index is 13.0. The zero-order chi connectivity index (χ0) is 24.7. The van der Waals surface area contributed by atoms with Gasteiger partial charge in [0.15, 0.2) is 5.69 Å². The van der Waals surface area contributed by atoms with Gasteiger partial charge in [0, 0.05) is 24.0 Å². The van der Waals surface area contributed by atoms with Gasteiger partial charge in [0.2, 0.25) is 0 Å². The van der Waals surface area contributed by atoms with Crippen LogP contribution in [-0.2, 0) is 17.9 Å². The number of para-hydroxylation sites is 1. The Morgan fingerprint density at radius 1 is 1.06 bits per heavy atom. The van der Waals surface area contributed by atoms with Crippen molar-refractivity contribution in [1.29, 1.82) is 0 Å². The number of carbonyl (C=O) groups excluding carboxylic acids is 2. The number of benzene rings is 2. The molecule has 2 N–H and O–H groups in total. The van der Waals surface area contributed by atoms with Crippen LogP contribution in [0, 0.1) is 0 Å². The SMILES string of the molecule is CCn1cc(NC(=O)c2cccc(COCC(F)(F)C(F)F)c2)c(C(=O)Nc2ccccc2)n1. The average molecular weight is 478 g/mol. The molecule has 0 atom stereocenters. The first-order valence-corrected chi connectivity index (χ1v) is 10.3. The van der Waals surface area contributed by atoms with Gasteiger partial charge in [-0.3, -0.25) is 14.3 Å². The Labute approximate surface area is 192 Å². The molecule has 3 aromatic rings. The molecule has 3 rings (SSSR count). The van der Waals surface area contributed by atoms with E-state index in [0.29, 0.717) is 17.8 Å². The van der Waals surface area contributed by atoms with Crippen molar-refractivity contribution in [2.24, 2.45) is 0 Å². The van der Waals surface area contributed by atoms with Crippen molar-refractivity contribution in [1.82, 2.24) is 9.78 Å². The predicted molar refractivity (Wildman–Crippen MR) is 117 cm³/mol. The first-order chi connectivity index (χ1) is 16.2. The minimum absolute atomic E-state index is 0.00720. The fourth-order valence-corrected chi connectivity index (χ4v) is 2.92. The molecule has 0 spiro atoms. The van der Waals surface area contributed by atoms with E-state index in [2.05, 4.69) is 15.7 Å². The van der Waals surface area contributed by atoms with Crippen LogP contribution in [0.25, 0.3) is 0 Å². The molecule has 0 radical (unpaired) electrons. The van der Waals surface area contributed by atoms with Gasteiger partial charge in [0.25, 0.3) is 11.8 Å². The number of amides is 2. The van der Waals surface area contributed by atoms with Gasteiger partial charge in [0.1, 0.15) is 6.61 Å². The van der Waals surface area contributed by atoms with Crippen LogP contribution in [0.3, 0.4) is 0 Å². The van der Waals surface area contributed by atoms with E-state index in [4.69, 9.17) is 4.74 Å². The lowest BCUT2D eigenvalue weighted by atomic mass is 10.1. The molecule has 0 saturated heterocycles. The molecule has 180 valence electrons. The lowest BCUT2D eigenvalue weighted by molar-refractivity contribution is -0.168. The Morgan fingerprint density at radius 2 is 1.79 bits per heavy atom. The van der Waals surface area contributed by atoms with Crippen LogP contribution in [0.5, 0.6) is 0 Å². The van der Waals surface area contributed by atoms with Gasteiger partial charge >= 0.3 is 12.3 Å². The van der Waals surface area contributed by atoms with Gasteiger partial charge in [-0.1, -0.05) is 30.3 Å². The second kappa shape index (κ2) is 10.9. The Balaban J connectivity index is 1.70. The van der Waals surface area contributed by atoms with E-state index >= 15 is 0 Å². The standard InChI is InChI=1S/C23H22F4N4O3/c1-2-31-12-18(19(30-31)21(33)28-17-9-4-3-5-10-17)29-20(32)16-8-6-7-15(11-16)13-34-14-23(26,27)22(24)25/h3-12,22H,2,13-14H2,1H3,(H,28,33)(H,29,32). The van der Waals surface area contributed by atoms with Gasteiger partial charge in [0.05, 0.1) is 12.3 Å². The fraction of sp³-hybridized carbons (Fsp3) is 0.261. The zero-order valence-electron chi connectivity index (χ0n) is 18.1. The third kappa shape index (κ3) is 6.41. The Hall–Kier alpha value is -3.73. The number of rotatable bonds is 10. The summed E-state index contributed by atoms with van der Waals surface area (Å²) in [7, 11) is 0. The van der Waals surface area contributed by atoms with E-state index < -0.39 is 30.8 Å². The summed E-state index contributed by atoms with van der Waals surface area (Å²) in [6, 6.07) is 14.6. The number of halogens is 4. The van der Waals surface area contributed by atoms with E-state index in [-0.39, 0.29) is 23.6 Å². The van der Waals surface area contributed by atoms with Crippen LogP contribution in [-0.4, -0.2) is 40.5 Å². The molecule has 0 aliphatic heterocycles. The Morgan fingerprint density at radius 3 is 2.47 bits per heavy atom. The number of hydrogen-bond donors (Lipinski definition) is 2. The molecule has 0 unspecified atom stereocenters. The molecule has 2 amide bonds. The number of aryl methyl sites for hydroxylation is 1. The molecular weight excluding hydrogens is 456 g/mol. The monoisotopic (exact) mass is 478 g/mol. The maximum Gasteiger partial charge on any atom is 0.330 e. The number of alkyl halides is 4. The lowest BCUT2D eigenvalue weighted by Crippen LogP contribution is -2.32. The van der Waals surface area contributed by atoms with Gasteiger partial charge < -0.3 is 15.4 Å². The van der Waals surface area contributed by atoms with Gasteiger partial charge in [-0.2, -0.15) is 13.9 Å². The highest BCUT2D eigenvalue weighted by atomic mass is 19.3. The first-order valence-electron chi connectivity index (χ1n) is 10.3. The molecule has 1 aromatic heterocycles. The van der Waals surface area contributed by atoms with Crippen molar-refractivity contribution in [3.8, 4) is 0 Å². The molecule has 0 bridgehead atoms. The topological polar surface area (TPSA) is 85.2 Å². The first kappa shape index (κ1) is 24.9. The van der Waals surface area contributed by atoms with Crippen LogP contribution >= 0.6 is 0 Å². The molecule has 0 saturated carbocycles. The van der Waals surface area contributed by atoms with Crippen molar-refractivity contribution < 1.29 is 31.9 Å². The normalized spacial score (nSPS) is 11.5. The third-order valence-electron chi connectivity index (χ3n) is 4.65. The molecule has 0 aliphatic carbocycles. The van der Waals surface area contributed by atoms with Crippen LogP contribution in [0.1, 0.15) is 33.3 Å². The van der Waals surface area contributed by atoms with Crippen LogP contribution in [0.2, 0.25) is 0 Å². The van der Waals surface area contributed by atoms with E-state index in [1.165, 1.54) is 35.1 Å². The Bertz CT molecular complexity index is 1140. The van der Waals surface area contributed by atoms with Crippen LogP contribution < -0.4 is 10.6 Å². The molecule has 7 nitrogen and oxygen atoms in total. The average Bonchev–Trinajstić information content (AvgIpc) is 3.22. The number of nitrogens with zero attached hydrogens (tertiary/aromatic N) is 2. The van der Waals surface area contributed by atoms with Crippen LogP contribution in [0.15, 0.2) is 60.8 Å². The van der Waals surface area contributed by atoms with Crippen molar-refractivity contribution >= 4 is 23.2 Å². The molecule has 11 heteroatoms. The minimum Gasteiger partial charge on any atom is -0.370 e. The molecular formula is C23H22F4N4O3. The molecule has 2 aromatic carbocycles. The highest BCUT2D eigenvalue weighted by Crippen LogP contribution is 2.23. The summed E-state index contributed by atoms with van der Waals surface area (Å²) in [6.07, 6.45) is -2.32. The quantitative estimate of drug-likeness (QED) is 0.409. The molecule has 0 aliphatic rings. The highest BCUT2D eigenvalue weighted by molar-refractivity contribution is 6.11. The number of carbonyl (C=O) groups is 2. The predicted octanol–water partition coefficient (Wildman–Crippen LogP) is 4.82. The summed E-state index contributed by atoms with van der Waals surface area (Å²) in [5, 5.41) is 9.54. The van der Waals surface area contributed by atoms with Crippen molar-refractivity contribution in [3.63, 3.8) is 0 Å². The van der Waals surface area contributed by atoms with Gasteiger partial charge in [-0.15, -0.1) is 0 Å². The number of anilines is 2. The lowest BCUT2D eigenvalue weighted by Gasteiger charge is -2.15. The van der Waals surface area contributed by atoms with Gasteiger partial charge in [-0.25, -0.2) is 8.78 Å². The second-order valence-electron chi connectivity index (χ2n) is 7.28. The maximum atomic E-state index is 13.0. The summed E-state index contributed by atoms with van der Waals surface area (Å²) in [6.45, 7) is 0.440.